The first-order valence-electron chi connectivity index (χ1n) is 8.97. The lowest BCUT2D eigenvalue weighted by molar-refractivity contribution is 0.627. The van der Waals surface area contributed by atoms with Gasteiger partial charge in [-0.2, -0.15) is 0 Å². The van der Waals surface area contributed by atoms with Crippen LogP contribution in [0.15, 0.2) is 55.0 Å². The van der Waals surface area contributed by atoms with E-state index in [9.17, 15) is 4.39 Å². The summed E-state index contributed by atoms with van der Waals surface area (Å²) in [4.78, 5) is 13.2. The number of hydrogen-bond acceptors (Lipinski definition) is 4. The summed E-state index contributed by atoms with van der Waals surface area (Å²) in [7, 11) is 0. The Morgan fingerprint density at radius 1 is 1.11 bits per heavy atom. The van der Waals surface area contributed by atoms with Crippen LogP contribution in [0.25, 0.3) is 16.9 Å². The van der Waals surface area contributed by atoms with E-state index in [1.807, 2.05) is 43.5 Å². The average Bonchev–Trinajstić information content (AvgIpc) is 3.04. The van der Waals surface area contributed by atoms with E-state index >= 15 is 0 Å². The van der Waals surface area contributed by atoms with Crippen molar-refractivity contribution in [2.45, 2.75) is 26.7 Å². The Bertz CT molecular complexity index is 1090. The van der Waals surface area contributed by atoms with Crippen molar-refractivity contribution in [3.63, 3.8) is 0 Å². The molecule has 0 amide bonds. The van der Waals surface area contributed by atoms with Crippen LogP contribution in [0, 0.1) is 12.7 Å². The fourth-order valence-electron chi connectivity index (χ4n) is 3.09. The molecule has 0 aromatic carbocycles. The Balaban J connectivity index is 1.71. The van der Waals surface area contributed by atoms with E-state index in [1.165, 1.54) is 6.07 Å². The molecule has 4 aromatic heterocycles. The summed E-state index contributed by atoms with van der Waals surface area (Å²) in [5.74, 6) is -0.252. The highest BCUT2D eigenvalue weighted by Crippen LogP contribution is 2.28. The number of pyridine rings is 3. The van der Waals surface area contributed by atoms with E-state index in [-0.39, 0.29) is 5.82 Å². The molecule has 0 aliphatic carbocycles. The van der Waals surface area contributed by atoms with Gasteiger partial charge in [-0.15, -0.1) is 0 Å². The lowest BCUT2D eigenvalue weighted by atomic mass is 10.1. The van der Waals surface area contributed by atoms with Gasteiger partial charge in [0.2, 0.25) is 0 Å². The number of nitrogens with one attached hydrogen (secondary N) is 1. The molecule has 136 valence electrons. The zero-order chi connectivity index (χ0) is 18.8. The highest BCUT2D eigenvalue weighted by Gasteiger charge is 2.15. The summed E-state index contributed by atoms with van der Waals surface area (Å²) < 4.78 is 16.8. The molecule has 27 heavy (non-hydrogen) atoms. The minimum Gasteiger partial charge on any atom is -0.337 e. The predicted molar refractivity (Wildman–Crippen MR) is 105 cm³/mol. The van der Waals surface area contributed by atoms with Gasteiger partial charge in [0.05, 0.1) is 23.3 Å². The standard InChI is InChI=1S/C21H20FN5/c1-3-6-18-20(26-19-7-4-5-10-27(18)19)15-11-17(22)21(24-12-15)25-16-9-8-14(2)23-13-16/h4-5,7-13H,3,6H2,1-2H3,(H,24,25). The van der Waals surface area contributed by atoms with Gasteiger partial charge < -0.3 is 9.72 Å². The average molecular weight is 361 g/mol. The summed E-state index contributed by atoms with van der Waals surface area (Å²) in [6.45, 7) is 4.02. The van der Waals surface area contributed by atoms with E-state index in [2.05, 4.69) is 26.6 Å². The third-order valence-electron chi connectivity index (χ3n) is 4.40. The maximum Gasteiger partial charge on any atom is 0.166 e. The van der Waals surface area contributed by atoms with Crippen LogP contribution < -0.4 is 5.32 Å². The number of rotatable bonds is 5. The van der Waals surface area contributed by atoms with Gasteiger partial charge >= 0.3 is 0 Å². The molecule has 0 fully saturated rings. The van der Waals surface area contributed by atoms with E-state index in [0.29, 0.717) is 11.3 Å². The van der Waals surface area contributed by atoms with Crippen LogP contribution in [0.1, 0.15) is 24.7 Å². The van der Waals surface area contributed by atoms with Crippen molar-refractivity contribution in [1.29, 1.82) is 0 Å². The molecule has 5 nitrogen and oxygen atoms in total. The molecule has 4 aromatic rings. The SMILES string of the molecule is CCCc1c(-c2cnc(Nc3ccc(C)nc3)c(F)c2)nc2ccccn12. The lowest BCUT2D eigenvalue weighted by Gasteiger charge is -2.08. The number of aromatic nitrogens is 4. The summed E-state index contributed by atoms with van der Waals surface area (Å²) in [5.41, 5.74) is 4.96. The van der Waals surface area contributed by atoms with Gasteiger partial charge in [-0.3, -0.25) is 4.98 Å². The van der Waals surface area contributed by atoms with Gasteiger partial charge in [-0.25, -0.2) is 14.4 Å². The monoisotopic (exact) mass is 361 g/mol. The van der Waals surface area contributed by atoms with Crippen LogP contribution in [0.2, 0.25) is 0 Å². The smallest absolute Gasteiger partial charge is 0.166 e. The molecule has 4 heterocycles. The number of fused-ring (bicyclic) bond motifs is 1. The molecule has 0 spiro atoms. The third-order valence-corrected chi connectivity index (χ3v) is 4.40. The van der Waals surface area contributed by atoms with Gasteiger partial charge in [-0.05, 0) is 43.7 Å². The third kappa shape index (κ3) is 3.38. The Hall–Kier alpha value is -3.28. The summed E-state index contributed by atoms with van der Waals surface area (Å²) in [6, 6.07) is 11.1. The van der Waals surface area contributed by atoms with Crippen molar-refractivity contribution in [3.05, 3.63) is 72.2 Å². The fraction of sp³-hybridized carbons (Fsp3) is 0.190. The first kappa shape index (κ1) is 17.1. The molecule has 0 aliphatic rings. The Kier molecular flexibility index (Phi) is 4.54. The Morgan fingerprint density at radius 3 is 2.74 bits per heavy atom. The fourth-order valence-corrected chi connectivity index (χ4v) is 3.09. The van der Waals surface area contributed by atoms with Crippen LogP contribution in [-0.4, -0.2) is 19.4 Å². The zero-order valence-electron chi connectivity index (χ0n) is 15.3. The number of imidazole rings is 1. The first-order chi connectivity index (χ1) is 13.2. The molecule has 0 aliphatic heterocycles. The molecule has 0 unspecified atom stereocenters. The van der Waals surface area contributed by atoms with Crippen molar-refractivity contribution in [2.24, 2.45) is 0 Å². The van der Waals surface area contributed by atoms with Gasteiger partial charge in [0.25, 0.3) is 0 Å². The molecule has 4 rings (SSSR count). The molecule has 0 saturated carbocycles. The minimum absolute atomic E-state index is 0.171. The van der Waals surface area contributed by atoms with Crippen LogP contribution in [0.5, 0.6) is 0 Å². The molecule has 0 atom stereocenters. The van der Waals surface area contributed by atoms with Gasteiger partial charge in [0.1, 0.15) is 5.65 Å². The normalized spacial score (nSPS) is 11.1. The second kappa shape index (κ2) is 7.15. The van der Waals surface area contributed by atoms with E-state index < -0.39 is 5.82 Å². The number of aryl methyl sites for hydroxylation is 2. The zero-order valence-corrected chi connectivity index (χ0v) is 15.3. The second-order valence-corrected chi connectivity index (χ2v) is 6.45. The van der Waals surface area contributed by atoms with E-state index in [4.69, 9.17) is 4.98 Å². The van der Waals surface area contributed by atoms with E-state index in [1.54, 1.807) is 12.4 Å². The van der Waals surface area contributed by atoms with Crippen LogP contribution >= 0.6 is 0 Å². The number of hydrogen-bond donors (Lipinski definition) is 1. The number of nitrogens with zero attached hydrogens (tertiary/aromatic N) is 4. The Labute approximate surface area is 156 Å². The minimum atomic E-state index is -0.424. The molecule has 6 heteroatoms. The van der Waals surface area contributed by atoms with Gasteiger partial charge in [-0.1, -0.05) is 19.4 Å². The molecule has 0 bridgehead atoms. The molecule has 0 radical (unpaired) electrons. The largest absolute Gasteiger partial charge is 0.337 e. The highest BCUT2D eigenvalue weighted by atomic mass is 19.1. The van der Waals surface area contributed by atoms with Crippen LogP contribution in [-0.2, 0) is 6.42 Å². The van der Waals surface area contributed by atoms with E-state index in [0.717, 1.165) is 35.6 Å². The summed E-state index contributed by atoms with van der Waals surface area (Å²) in [5, 5.41) is 2.97. The van der Waals surface area contributed by atoms with Crippen molar-refractivity contribution >= 4 is 17.2 Å². The maximum absolute atomic E-state index is 14.7. The summed E-state index contributed by atoms with van der Waals surface area (Å²) >= 11 is 0. The lowest BCUT2D eigenvalue weighted by Crippen LogP contribution is -1.99. The predicted octanol–water partition coefficient (Wildman–Crippen LogP) is 4.93. The van der Waals surface area contributed by atoms with Crippen molar-refractivity contribution < 1.29 is 4.39 Å². The van der Waals surface area contributed by atoms with Crippen molar-refractivity contribution in [3.8, 4) is 11.3 Å². The second-order valence-electron chi connectivity index (χ2n) is 6.45. The van der Waals surface area contributed by atoms with Gasteiger partial charge in [0.15, 0.2) is 11.6 Å². The van der Waals surface area contributed by atoms with Crippen molar-refractivity contribution in [1.82, 2.24) is 19.4 Å². The van der Waals surface area contributed by atoms with Crippen LogP contribution in [0.3, 0.4) is 0 Å². The molecule has 0 saturated heterocycles. The van der Waals surface area contributed by atoms with Crippen LogP contribution in [0.4, 0.5) is 15.9 Å². The molecule has 1 N–H and O–H groups in total. The molecular formula is C21H20FN5. The quantitative estimate of drug-likeness (QED) is 0.547. The number of halogens is 1. The number of anilines is 2. The topological polar surface area (TPSA) is 55.1 Å². The first-order valence-corrected chi connectivity index (χ1v) is 8.97. The summed E-state index contributed by atoms with van der Waals surface area (Å²) in [6.07, 6.45) is 7.14. The van der Waals surface area contributed by atoms with Gasteiger partial charge in [0, 0.05) is 23.7 Å². The van der Waals surface area contributed by atoms with Crippen molar-refractivity contribution in [2.75, 3.05) is 5.32 Å². The highest BCUT2D eigenvalue weighted by molar-refractivity contribution is 5.68. The maximum atomic E-state index is 14.7. The molecular weight excluding hydrogens is 341 g/mol. The Morgan fingerprint density at radius 2 is 2.00 bits per heavy atom.